The SMILES string of the molecule is CN1C(=O)[C@@](O)([C@]2(c3ccccc3)OCCOC2=O)c2ccccc21. The number of rotatable bonds is 2. The maximum Gasteiger partial charge on any atom is 0.347 e. The van der Waals surface area contributed by atoms with Crippen LogP contribution in [-0.4, -0.2) is 37.2 Å². The van der Waals surface area contributed by atoms with Gasteiger partial charge < -0.3 is 19.5 Å². The number of aliphatic hydroxyl groups is 1. The van der Waals surface area contributed by atoms with Crippen LogP contribution in [0.15, 0.2) is 54.6 Å². The molecule has 1 saturated heterocycles. The summed E-state index contributed by atoms with van der Waals surface area (Å²) < 4.78 is 11.1. The maximum absolute atomic E-state index is 13.1. The number of nitrogens with zero attached hydrogens (tertiary/aromatic N) is 1. The lowest BCUT2D eigenvalue weighted by Gasteiger charge is -2.43. The zero-order chi connectivity index (χ0) is 17.7. The highest BCUT2D eigenvalue weighted by Crippen LogP contribution is 2.53. The highest BCUT2D eigenvalue weighted by molar-refractivity contribution is 6.10. The van der Waals surface area contributed by atoms with Crippen molar-refractivity contribution >= 4 is 17.6 Å². The number of likely N-dealkylation sites (N-methyl/N-ethyl adjacent to an activating group) is 1. The van der Waals surface area contributed by atoms with Crippen LogP contribution in [0.5, 0.6) is 0 Å². The van der Waals surface area contributed by atoms with Gasteiger partial charge in [-0.25, -0.2) is 4.79 Å². The van der Waals surface area contributed by atoms with Crippen LogP contribution in [0, 0.1) is 0 Å². The Kier molecular flexibility index (Phi) is 3.42. The van der Waals surface area contributed by atoms with Crippen molar-refractivity contribution in [3.05, 3.63) is 65.7 Å². The third-order valence-electron chi connectivity index (χ3n) is 4.88. The number of hydrogen-bond acceptors (Lipinski definition) is 5. The van der Waals surface area contributed by atoms with E-state index in [9.17, 15) is 14.7 Å². The number of amides is 1. The Balaban J connectivity index is 2.04. The van der Waals surface area contributed by atoms with Gasteiger partial charge in [-0.2, -0.15) is 0 Å². The summed E-state index contributed by atoms with van der Waals surface area (Å²) in [7, 11) is 1.56. The third kappa shape index (κ3) is 1.86. The van der Waals surface area contributed by atoms with E-state index in [1.54, 1.807) is 61.6 Å². The Morgan fingerprint density at radius 2 is 1.68 bits per heavy atom. The van der Waals surface area contributed by atoms with Crippen LogP contribution in [0.25, 0.3) is 0 Å². The molecule has 0 saturated carbocycles. The second-order valence-electron chi connectivity index (χ2n) is 6.12. The minimum atomic E-state index is -2.21. The summed E-state index contributed by atoms with van der Waals surface area (Å²) in [5.41, 5.74) is -2.93. The van der Waals surface area contributed by atoms with E-state index in [1.165, 1.54) is 4.90 Å². The molecule has 1 amide bonds. The molecule has 0 aromatic heterocycles. The van der Waals surface area contributed by atoms with Crippen molar-refractivity contribution in [2.45, 2.75) is 11.2 Å². The molecule has 2 aromatic carbocycles. The zero-order valence-corrected chi connectivity index (χ0v) is 13.6. The Morgan fingerprint density at radius 3 is 2.40 bits per heavy atom. The first-order valence-electron chi connectivity index (χ1n) is 8.00. The number of ether oxygens (including phenoxy) is 2. The molecule has 4 rings (SSSR count). The van der Waals surface area contributed by atoms with Crippen LogP contribution < -0.4 is 4.90 Å². The predicted octanol–water partition coefficient (Wildman–Crippen LogP) is 1.32. The maximum atomic E-state index is 13.1. The molecule has 2 atom stereocenters. The summed E-state index contributed by atoms with van der Waals surface area (Å²) in [6, 6.07) is 15.4. The van der Waals surface area contributed by atoms with E-state index in [-0.39, 0.29) is 13.2 Å². The monoisotopic (exact) mass is 339 g/mol. The summed E-state index contributed by atoms with van der Waals surface area (Å²) in [6.45, 7) is 0.164. The van der Waals surface area contributed by atoms with Gasteiger partial charge in [-0.1, -0.05) is 48.5 Å². The van der Waals surface area contributed by atoms with Crippen LogP contribution in [0.4, 0.5) is 5.69 Å². The third-order valence-corrected chi connectivity index (χ3v) is 4.88. The van der Waals surface area contributed by atoms with Gasteiger partial charge in [0.25, 0.3) is 5.91 Å². The lowest BCUT2D eigenvalue weighted by atomic mass is 9.73. The number of benzene rings is 2. The molecule has 0 bridgehead atoms. The molecule has 2 aliphatic heterocycles. The van der Waals surface area contributed by atoms with Crippen molar-refractivity contribution in [2.24, 2.45) is 0 Å². The molecular formula is C19H17NO5. The summed E-state index contributed by atoms with van der Waals surface area (Å²) in [6.07, 6.45) is 0. The first-order valence-corrected chi connectivity index (χ1v) is 8.00. The first kappa shape index (κ1) is 15.8. The van der Waals surface area contributed by atoms with Crippen LogP contribution in [0.3, 0.4) is 0 Å². The average molecular weight is 339 g/mol. The zero-order valence-electron chi connectivity index (χ0n) is 13.6. The molecule has 128 valence electrons. The summed E-state index contributed by atoms with van der Waals surface area (Å²) in [5, 5.41) is 11.7. The predicted molar refractivity (Wildman–Crippen MR) is 88.8 cm³/mol. The number of hydrogen-bond donors (Lipinski definition) is 1. The highest BCUT2D eigenvalue weighted by Gasteiger charge is 2.69. The molecule has 1 N–H and O–H groups in total. The fraction of sp³-hybridized carbons (Fsp3) is 0.263. The number of anilines is 1. The molecule has 6 nitrogen and oxygen atoms in total. The largest absolute Gasteiger partial charge is 0.461 e. The van der Waals surface area contributed by atoms with E-state index < -0.39 is 23.1 Å². The average Bonchev–Trinajstić information content (AvgIpc) is 2.86. The number of carbonyl (C=O) groups is 2. The van der Waals surface area contributed by atoms with E-state index in [0.29, 0.717) is 16.8 Å². The molecule has 0 radical (unpaired) electrons. The lowest BCUT2D eigenvalue weighted by Crippen LogP contribution is -2.63. The molecule has 1 fully saturated rings. The van der Waals surface area contributed by atoms with Crippen molar-refractivity contribution in [1.29, 1.82) is 0 Å². The van der Waals surface area contributed by atoms with Gasteiger partial charge in [0.05, 0.1) is 12.3 Å². The Morgan fingerprint density at radius 1 is 1.00 bits per heavy atom. The molecule has 2 aromatic rings. The fourth-order valence-corrected chi connectivity index (χ4v) is 3.70. The van der Waals surface area contributed by atoms with Crippen molar-refractivity contribution in [1.82, 2.24) is 0 Å². The van der Waals surface area contributed by atoms with Gasteiger partial charge in [0.2, 0.25) is 11.2 Å². The Bertz CT molecular complexity index is 852. The number of esters is 1. The minimum absolute atomic E-state index is 0.0785. The standard InChI is InChI=1S/C19H17NO5/c1-20-15-10-6-5-9-14(15)18(23,16(20)21)19(13-7-3-2-4-8-13)17(22)24-11-12-25-19/h2-10,23H,11-12H2,1H3/t18-,19-/m1/s1. The summed E-state index contributed by atoms with van der Waals surface area (Å²) in [4.78, 5) is 27.3. The van der Waals surface area contributed by atoms with Crippen molar-refractivity contribution in [3.8, 4) is 0 Å². The molecule has 0 aliphatic carbocycles. The fourth-order valence-electron chi connectivity index (χ4n) is 3.70. The topological polar surface area (TPSA) is 76.1 Å². The summed E-state index contributed by atoms with van der Waals surface area (Å²) in [5.74, 6) is -1.40. The van der Waals surface area contributed by atoms with Crippen LogP contribution >= 0.6 is 0 Å². The second-order valence-corrected chi connectivity index (χ2v) is 6.12. The second kappa shape index (κ2) is 5.40. The van der Waals surface area contributed by atoms with E-state index in [0.717, 1.165) is 0 Å². The van der Waals surface area contributed by atoms with Gasteiger partial charge in [-0.3, -0.25) is 4.79 Å². The Hall–Kier alpha value is -2.70. The van der Waals surface area contributed by atoms with Gasteiger partial charge in [-0.15, -0.1) is 0 Å². The van der Waals surface area contributed by atoms with Crippen LogP contribution in [0.2, 0.25) is 0 Å². The van der Waals surface area contributed by atoms with Gasteiger partial charge in [0.15, 0.2) is 0 Å². The highest BCUT2D eigenvalue weighted by atomic mass is 16.6. The van der Waals surface area contributed by atoms with E-state index in [4.69, 9.17) is 9.47 Å². The quantitative estimate of drug-likeness (QED) is 0.835. The van der Waals surface area contributed by atoms with Gasteiger partial charge >= 0.3 is 5.97 Å². The molecule has 2 aliphatic rings. The minimum Gasteiger partial charge on any atom is -0.461 e. The number of cyclic esters (lactones) is 1. The molecule has 25 heavy (non-hydrogen) atoms. The van der Waals surface area contributed by atoms with E-state index in [2.05, 4.69) is 0 Å². The molecule has 2 heterocycles. The molecular weight excluding hydrogens is 322 g/mol. The van der Waals surface area contributed by atoms with Gasteiger partial charge in [0, 0.05) is 12.6 Å². The van der Waals surface area contributed by atoms with Gasteiger partial charge in [0.1, 0.15) is 6.61 Å². The lowest BCUT2D eigenvalue weighted by molar-refractivity contribution is -0.238. The normalized spacial score (nSPS) is 28.6. The smallest absolute Gasteiger partial charge is 0.347 e. The van der Waals surface area contributed by atoms with Crippen molar-refractivity contribution in [3.63, 3.8) is 0 Å². The first-order chi connectivity index (χ1) is 12.0. The molecule has 0 spiro atoms. The van der Waals surface area contributed by atoms with E-state index >= 15 is 0 Å². The molecule has 6 heteroatoms. The van der Waals surface area contributed by atoms with Crippen molar-refractivity contribution < 1.29 is 24.2 Å². The number of fused-ring (bicyclic) bond motifs is 1. The van der Waals surface area contributed by atoms with Crippen LogP contribution in [0.1, 0.15) is 11.1 Å². The number of para-hydroxylation sites is 1. The Labute approximate surface area is 144 Å². The number of carbonyl (C=O) groups excluding carboxylic acids is 2. The molecule has 0 unspecified atom stereocenters. The van der Waals surface area contributed by atoms with Crippen molar-refractivity contribution in [2.75, 3.05) is 25.2 Å². The summed E-state index contributed by atoms with van der Waals surface area (Å²) >= 11 is 0. The van der Waals surface area contributed by atoms with Gasteiger partial charge in [-0.05, 0) is 11.6 Å². The van der Waals surface area contributed by atoms with E-state index in [1.807, 2.05) is 0 Å². The van der Waals surface area contributed by atoms with Crippen LogP contribution in [-0.2, 0) is 30.3 Å².